The molecule has 3 heteroatoms. The molecule has 1 heterocycles. The second-order valence-electron chi connectivity index (χ2n) is 4.43. The van der Waals surface area contributed by atoms with Gasteiger partial charge in [0.25, 0.3) is 0 Å². The molecule has 2 atom stereocenters. The number of aliphatic hydroxyl groups is 1. The largest absolute Gasteiger partial charge is 0.394 e. The van der Waals surface area contributed by atoms with Gasteiger partial charge in [-0.05, 0) is 12.5 Å². The van der Waals surface area contributed by atoms with Crippen molar-refractivity contribution in [1.29, 1.82) is 0 Å². The zero-order chi connectivity index (χ0) is 11.4. The number of hydrogen-bond donors (Lipinski definition) is 1. The Labute approximate surface area is 96.6 Å². The maximum atomic E-state index is 9.14. The van der Waals surface area contributed by atoms with Crippen LogP contribution >= 0.6 is 0 Å². The van der Waals surface area contributed by atoms with Gasteiger partial charge in [-0.3, -0.25) is 4.90 Å². The van der Waals surface area contributed by atoms with Crippen LogP contribution in [0.3, 0.4) is 0 Å². The molecular formula is C13H19NO2. The van der Waals surface area contributed by atoms with E-state index in [9.17, 15) is 0 Å². The fourth-order valence-electron chi connectivity index (χ4n) is 2.21. The summed E-state index contributed by atoms with van der Waals surface area (Å²) in [5, 5.41) is 9.14. The maximum absolute atomic E-state index is 9.14. The summed E-state index contributed by atoms with van der Waals surface area (Å²) < 4.78 is 5.61. The summed E-state index contributed by atoms with van der Waals surface area (Å²) in [6.07, 6.45) is 0.169. The van der Waals surface area contributed by atoms with Crippen LogP contribution in [0.1, 0.15) is 12.5 Å². The van der Waals surface area contributed by atoms with Crippen LogP contribution in [0, 0.1) is 0 Å². The molecular weight excluding hydrogens is 202 g/mol. The summed E-state index contributed by atoms with van der Waals surface area (Å²) in [6, 6.07) is 10.4. The summed E-state index contributed by atoms with van der Waals surface area (Å²) in [5.41, 5.74) is 1.31. The topological polar surface area (TPSA) is 32.7 Å². The highest BCUT2D eigenvalue weighted by atomic mass is 16.5. The van der Waals surface area contributed by atoms with E-state index >= 15 is 0 Å². The number of rotatable bonds is 3. The fraction of sp³-hybridized carbons (Fsp3) is 0.538. The predicted octanol–water partition coefficient (Wildman–Crippen LogP) is 1.27. The number of ether oxygens (including phenoxy) is 1. The highest BCUT2D eigenvalue weighted by molar-refractivity contribution is 5.14. The Morgan fingerprint density at radius 1 is 1.31 bits per heavy atom. The molecule has 1 N–H and O–H groups in total. The van der Waals surface area contributed by atoms with Crippen LogP contribution in [0.15, 0.2) is 30.3 Å². The number of morpholine rings is 1. The molecule has 0 amide bonds. The minimum Gasteiger partial charge on any atom is -0.394 e. The monoisotopic (exact) mass is 221 g/mol. The van der Waals surface area contributed by atoms with Crippen LogP contribution in [0.4, 0.5) is 0 Å². The van der Waals surface area contributed by atoms with Crippen molar-refractivity contribution < 1.29 is 9.84 Å². The second-order valence-corrected chi connectivity index (χ2v) is 4.43. The predicted molar refractivity (Wildman–Crippen MR) is 63.1 cm³/mol. The van der Waals surface area contributed by atoms with Crippen molar-refractivity contribution in [2.75, 3.05) is 19.7 Å². The van der Waals surface area contributed by atoms with Crippen molar-refractivity contribution in [3.63, 3.8) is 0 Å². The number of hydrogen-bond acceptors (Lipinski definition) is 3. The van der Waals surface area contributed by atoms with Crippen LogP contribution in [0.25, 0.3) is 0 Å². The third-order valence-electron chi connectivity index (χ3n) is 2.85. The third kappa shape index (κ3) is 3.04. The molecule has 0 aliphatic carbocycles. The first-order valence-corrected chi connectivity index (χ1v) is 5.80. The molecule has 1 aromatic carbocycles. The first kappa shape index (κ1) is 11.6. The molecule has 1 saturated heterocycles. The minimum absolute atomic E-state index is 0.0348. The van der Waals surface area contributed by atoms with Gasteiger partial charge in [-0.25, -0.2) is 0 Å². The minimum atomic E-state index is -0.0348. The fourth-order valence-corrected chi connectivity index (χ4v) is 2.21. The molecule has 2 rings (SSSR count). The smallest absolute Gasteiger partial charge is 0.0936 e. The Bertz CT molecular complexity index is 315. The molecule has 3 nitrogen and oxygen atoms in total. The lowest BCUT2D eigenvalue weighted by molar-refractivity contribution is -0.0972. The molecule has 1 aliphatic heterocycles. The number of nitrogens with zero attached hydrogens (tertiary/aromatic N) is 1. The van der Waals surface area contributed by atoms with E-state index in [2.05, 4.69) is 36.1 Å². The van der Waals surface area contributed by atoms with Crippen LogP contribution in [-0.4, -0.2) is 41.9 Å². The lowest BCUT2D eigenvalue weighted by Gasteiger charge is -2.36. The average Bonchev–Trinajstić information content (AvgIpc) is 2.29. The van der Waals surface area contributed by atoms with E-state index in [1.54, 1.807) is 0 Å². The van der Waals surface area contributed by atoms with Gasteiger partial charge in [-0.2, -0.15) is 0 Å². The Morgan fingerprint density at radius 2 is 2.06 bits per heavy atom. The molecule has 0 spiro atoms. The molecule has 1 aliphatic rings. The summed E-state index contributed by atoms with van der Waals surface area (Å²) in [7, 11) is 0. The van der Waals surface area contributed by atoms with Crippen molar-refractivity contribution in [3.8, 4) is 0 Å². The van der Waals surface area contributed by atoms with Gasteiger partial charge in [-0.1, -0.05) is 30.3 Å². The molecule has 1 aromatic rings. The standard InChI is InChI=1S/C13H19NO2/c1-11-7-14(9-13(10-15)16-11)8-12-5-3-2-4-6-12/h2-6,11,13,15H,7-10H2,1H3/t11?,13-/m1/s1. The second kappa shape index (κ2) is 5.43. The van der Waals surface area contributed by atoms with Crippen LogP contribution in [-0.2, 0) is 11.3 Å². The van der Waals surface area contributed by atoms with E-state index in [4.69, 9.17) is 9.84 Å². The van der Waals surface area contributed by atoms with Crippen molar-refractivity contribution in [2.24, 2.45) is 0 Å². The molecule has 1 unspecified atom stereocenters. The molecule has 88 valence electrons. The first-order chi connectivity index (χ1) is 7.78. The highest BCUT2D eigenvalue weighted by Crippen LogP contribution is 2.13. The van der Waals surface area contributed by atoms with Crippen LogP contribution in [0.5, 0.6) is 0 Å². The Kier molecular flexibility index (Phi) is 3.93. The summed E-state index contributed by atoms with van der Waals surface area (Å²) in [5.74, 6) is 0. The van der Waals surface area contributed by atoms with Crippen molar-refractivity contribution in [1.82, 2.24) is 4.90 Å². The Morgan fingerprint density at radius 3 is 2.75 bits per heavy atom. The van der Waals surface area contributed by atoms with Gasteiger partial charge in [0.15, 0.2) is 0 Å². The third-order valence-corrected chi connectivity index (χ3v) is 2.85. The van der Waals surface area contributed by atoms with Crippen molar-refractivity contribution in [3.05, 3.63) is 35.9 Å². The molecule has 0 radical (unpaired) electrons. The lowest BCUT2D eigenvalue weighted by atomic mass is 10.1. The first-order valence-electron chi connectivity index (χ1n) is 5.80. The van der Waals surface area contributed by atoms with E-state index in [0.717, 1.165) is 19.6 Å². The zero-order valence-electron chi connectivity index (χ0n) is 9.67. The van der Waals surface area contributed by atoms with Crippen LogP contribution < -0.4 is 0 Å². The number of aliphatic hydroxyl groups excluding tert-OH is 1. The van der Waals surface area contributed by atoms with E-state index in [-0.39, 0.29) is 18.8 Å². The van der Waals surface area contributed by atoms with E-state index in [0.29, 0.717) is 0 Å². The molecule has 1 fully saturated rings. The van der Waals surface area contributed by atoms with Gasteiger partial charge in [0.2, 0.25) is 0 Å². The SMILES string of the molecule is CC1CN(Cc2ccccc2)C[C@H](CO)O1. The Balaban J connectivity index is 1.94. The summed E-state index contributed by atoms with van der Waals surface area (Å²) >= 11 is 0. The van der Waals surface area contributed by atoms with Gasteiger partial charge in [0.05, 0.1) is 18.8 Å². The van der Waals surface area contributed by atoms with Gasteiger partial charge in [-0.15, -0.1) is 0 Å². The highest BCUT2D eigenvalue weighted by Gasteiger charge is 2.24. The van der Waals surface area contributed by atoms with Crippen molar-refractivity contribution in [2.45, 2.75) is 25.7 Å². The van der Waals surface area contributed by atoms with Gasteiger partial charge in [0, 0.05) is 19.6 Å². The normalized spacial score (nSPS) is 26.9. The molecule has 0 aromatic heterocycles. The zero-order valence-corrected chi connectivity index (χ0v) is 9.67. The lowest BCUT2D eigenvalue weighted by Crippen LogP contribution is -2.47. The number of benzene rings is 1. The van der Waals surface area contributed by atoms with Gasteiger partial charge in [0.1, 0.15) is 0 Å². The molecule has 16 heavy (non-hydrogen) atoms. The van der Waals surface area contributed by atoms with Gasteiger partial charge >= 0.3 is 0 Å². The quantitative estimate of drug-likeness (QED) is 0.834. The maximum Gasteiger partial charge on any atom is 0.0936 e. The van der Waals surface area contributed by atoms with Crippen molar-refractivity contribution >= 4 is 0 Å². The summed E-state index contributed by atoms with van der Waals surface area (Å²) in [4.78, 5) is 2.34. The van der Waals surface area contributed by atoms with E-state index in [1.807, 2.05) is 6.07 Å². The van der Waals surface area contributed by atoms with Gasteiger partial charge < -0.3 is 9.84 Å². The van der Waals surface area contributed by atoms with E-state index < -0.39 is 0 Å². The molecule has 0 saturated carbocycles. The Hall–Kier alpha value is -0.900. The van der Waals surface area contributed by atoms with E-state index in [1.165, 1.54) is 5.56 Å². The van der Waals surface area contributed by atoms with Crippen LogP contribution in [0.2, 0.25) is 0 Å². The molecule has 0 bridgehead atoms. The average molecular weight is 221 g/mol. The summed E-state index contributed by atoms with van der Waals surface area (Å²) in [6.45, 7) is 4.85.